The Bertz CT molecular complexity index is 570. The molecule has 4 aliphatic carbocycles. The van der Waals surface area contributed by atoms with Crippen molar-refractivity contribution in [3.8, 4) is 0 Å². The fourth-order valence-electron chi connectivity index (χ4n) is 12.1. The van der Waals surface area contributed by atoms with E-state index in [9.17, 15) is 0 Å². The molecule has 0 heterocycles. The van der Waals surface area contributed by atoms with Crippen molar-refractivity contribution in [2.75, 3.05) is 0 Å². The Morgan fingerprint density at radius 1 is 0.143 bits per heavy atom. The Labute approximate surface area is 310 Å². The lowest BCUT2D eigenvalue weighted by Gasteiger charge is -2.60. The fraction of sp³-hybridized carbons (Fsp3) is 1.00. The van der Waals surface area contributed by atoms with E-state index in [2.05, 4.69) is 0 Å². The van der Waals surface area contributed by atoms with Crippen LogP contribution in [0.1, 0.15) is 283 Å². The maximum absolute atomic E-state index is 1.67. The zero-order chi connectivity index (χ0) is 33.9. The lowest BCUT2D eigenvalue weighted by molar-refractivity contribution is -1.02. The monoisotopic (exact) mass is 683 g/mol. The number of hydrogen-bond acceptors (Lipinski definition) is 0. The average Bonchev–Trinajstić information content (AvgIpc) is 3.08. The molecule has 0 amide bonds. The summed E-state index contributed by atoms with van der Waals surface area (Å²) >= 11 is 0. The minimum atomic E-state index is 0.952. The zero-order valence-corrected chi connectivity index (χ0v) is 33.9. The molecule has 0 N–H and O–H groups in total. The van der Waals surface area contributed by atoms with Crippen molar-refractivity contribution in [1.29, 1.82) is 0 Å². The number of nitrogens with zero attached hydrogens (tertiary/aromatic N) is 1. The molecule has 0 spiro atoms. The van der Waals surface area contributed by atoms with Crippen molar-refractivity contribution in [3.63, 3.8) is 0 Å². The van der Waals surface area contributed by atoms with Crippen LogP contribution in [0.2, 0.25) is 0 Å². The van der Waals surface area contributed by atoms with Crippen LogP contribution >= 0.6 is 0 Å². The molecule has 0 aromatic rings. The predicted molar refractivity (Wildman–Crippen MR) is 219 cm³/mol. The minimum absolute atomic E-state index is 0.952. The molecule has 0 radical (unpaired) electrons. The second kappa shape index (κ2) is 27.5. The first-order valence-corrected chi connectivity index (χ1v) is 24.3. The first-order chi connectivity index (χ1) is 24.4. The van der Waals surface area contributed by atoms with Crippen LogP contribution in [0, 0.1) is 0 Å². The molecule has 0 aromatic carbocycles. The van der Waals surface area contributed by atoms with E-state index >= 15 is 0 Å². The highest BCUT2D eigenvalue weighted by molar-refractivity contribution is 4.82. The molecule has 0 unspecified atom stereocenters. The van der Waals surface area contributed by atoms with Crippen LogP contribution in [0.4, 0.5) is 0 Å². The van der Waals surface area contributed by atoms with E-state index in [1.165, 1.54) is 231 Å². The van der Waals surface area contributed by atoms with Crippen molar-refractivity contribution >= 4 is 0 Å². The van der Waals surface area contributed by atoms with E-state index in [4.69, 9.17) is 0 Å². The maximum atomic E-state index is 1.67. The molecule has 1 nitrogen and oxygen atoms in total. The van der Waals surface area contributed by atoms with Gasteiger partial charge in [-0.1, -0.05) is 180 Å². The summed E-state index contributed by atoms with van der Waals surface area (Å²) in [5.74, 6) is 0. The summed E-state index contributed by atoms with van der Waals surface area (Å²) in [6, 6.07) is 3.81. The summed E-state index contributed by atoms with van der Waals surface area (Å²) in [5.41, 5.74) is 0. The van der Waals surface area contributed by atoms with Crippen molar-refractivity contribution in [3.05, 3.63) is 0 Å². The molecule has 4 aliphatic rings. The summed E-state index contributed by atoms with van der Waals surface area (Å²) in [4.78, 5) is 0. The predicted octanol–water partition coefficient (Wildman–Crippen LogP) is 16.5. The second-order valence-corrected chi connectivity index (χ2v) is 18.5. The first-order valence-electron chi connectivity index (χ1n) is 24.3. The van der Waals surface area contributed by atoms with Gasteiger partial charge in [0, 0.05) is 0 Å². The van der Waals surface area contributed by atoms with Gasteiger partial charge >= 0.3 is 0 Å². The maximum Gasteiger partial charge on any atom is 0.0896 e. The summed E-state index contributed by atoms with van der Waals surface area (Å²) in [5, 5.41) is 0. The molecule has 0 saturated heterocycles. The summed E-state index contributed by atoms with van der Waals surface area (Å²) in [6.07, 6.45) is 67.4. The van der Waals surface area contributed by atoms with Gasteiger partial charge in [0.2, 0.25) is 0 Å². The smallest absolute Gasteiger partial charge is 0.0896 e. The molecule has 4 saturated carbocycles. The van der Waals surface area contributed by atoms with Crippen molar-refractivity contribution < 1.29 is 4.48 Å². The van der Waals surface area contributed by atoms with Crippen LogP contribution in [0.25, 0.3) is 0 Å². The molecule has 0 bridgehead atoms. The average molecular weight is 683 g/mol. The van der Waals surface area contributed by atoms with Gasteiger partial charge < -0.3 is 4.48 Å². The van der Waals surface area contributed by atoms with E-state index < -0.39 is 0 Å². The topological polar surface area (TPSA) is 0 Å². The quantitative estimate of drug-likeness (QED) is 0.259. The van der Waals surface area contributed by atoms with E-state index in [0.29, 0.717) is 0 Å². The summed E-state index contributed by atoms with van der Waals surface area (Å²) < 4.78 is 1.67. The van der Waals surface area contributed by atoms with E-state index in [0.717, 1.165) is 24.2 Å². The van der Waals surface area contributed by atoms with Crippen molar-refractivity contribution in [1.82, 2.24) is 0 Å². The van der Waals surface area contributed by atoms with Crippen LogP contribution in [-0.2, 0) is 0 Å². The van der Waals surface area contributed by atoms with Gasteiger partial charge in [0.1, 0.15) is 0 Å². The Hall–Kier alpha value is -0.0400. The van der Waals surface area contributed by atoms with E-state index in [-0.39, 0.29) is 0 Å². The SMILES string of the molecule is C1CCCCCC([N+](C2CCCCCCCCCCC2)(C2CCCCCCCCCCC2)C2CCCCCCCCCCC2)CCCCC1. The van der Waals surface area contributed by atoms with Crippen molar-refractivity contribution in [2.45, 2.75) is 307 Å². The van der Waals surface area contributed by atoms with Gasteiger partial charge in [-0.2, -0.15) is 0 Å². The van der Waals surface area contributed by atoms with Crippen molar-refractivity contribution in [2.24, 2.45) is 0 Å². The highest BCUT2D eigenvalue weighted by atomic mass is 15.4. The van der Waals surface area contributed by atoms with Crippen LogP contribution in [-0.4, -0.2) is 28.7 Å². The van der Waals surface area contributed by atoms with Gasteiger partial charge in [0.15, 0.2) is 0 Å². The van der Waals surface area contributed by atoms with E-state index in [1.807, 2.05) is 0 Å². The highest BCUT2D eigenvalue weighted by Gasteiger charge is 2.52. The second-order valence-electron chi connectivity index (χ2n) is 18.5. The fourth-order valence-corrected chi connectivity index (χ4v) is 12.1. The normalized spacial score (nSPS) is 26.9. The third kappa shape index (κ3) is 15.8. The van der Waals surface area contributed by atoms with Crippen LogP contribution in [0.5, 0.6) is 0 Å². The Balaban J connectivity index is 1.79. The molecule has 0 aliphatic heterocycles. The first kappa shape index (κ1) is 41.7. The van der Waals surface area contributed by atoms with Gasteiger partial charge in [-0.05, 0) is 103 Å². The summed E-state index contributed by atoms with van der Waals surface area (Å²) in [6.45, 7) is 0. The third-order valence-corrected chi connectivity index (χ3v) is 14.8. The van der Waals surface area contributed by atoms with Crippen LogP contribution < -0.4 is 0 Å². The van der Waals surface area contributed by atoms with Gasteiger partial charge in [-0.3, -0.25) is 0 Å². The molecule has 288 valence electrons. The van der Waals surface area contributed by atoms with Crippen LogP contribution in [0.15, 0.2) is 0 Å². The standard InChI is InChI=1S/C48H92N/c1-5-13-21-29-37-45(38-30-22-14-6-1)49(46-39-31-23-15-7-2-8-16-24-32-40-46,47-41-33-25-17-9-3-10-18-26-34-42-47)48-43-35-27-19-11-4-12-20-28-36-44-48/h45-48H,1-44H2/q+1. The lowest BCUT2D eigenvalue weighted by atomic mass is 9.80. The Kier molecular flexibility index (Phi) is 23.5. The van der Waals surface area contributed by atoms with Gasteiger partial charge in [-0.25, -0.2) is 0 Å². The van der Waals surface area contributed by atoms with Gasteiger partial charge in [-0.15, -0.1) is 0 Å². The minimum Gasteiger partial charge on any atom is -0.314 e. The molecule has 4 fully saturated rings. The van der Waals surface area contributed by atoms with Gasteiger partial charge in [0.25, 0.3) is 0 Å². The number of hydrogen-bond donors (Lipinski definition) is 0. The number of rotatable bonds is 4. The Morgan fingerprint density at radius 3 is 0.367 bits per heavy atom. The molecule has 0 atom stereocenters. The molecule has 4 rings (SSSR count). The third-order valence-electron chi connectivity index (χ3n) is 14.8. The molecular weight excluding hydrogens is 591 g/mol. The molecule has 49 heavy (non-hydrogen) atoms. The van der Waals surface area contributed by atoms with E-state index in [1.54, 1.807) is 55.8 Å². The highest BCUT2D eigenvalue weighted by Crippen LogP contribution is 2.45. The number of quaternary nitrogens is 1. The molecular formula is C48H92N+. The van der Waals surface area contributed by atoms with Crippen LogP contribution in [0.3, 0.4) is 0 Å². The molecule has 0 aromatic heterocycles. The zero-order valence-electron chi connectivity index (χ0n) is 33.9. The lowest BCUT2D eigenvalue weighted by Crippen LogP contribution is -2.71. The van der Waals surface area contributed by atoms with Gasteiger partial charge in [0.05, 0.1) is 24.2 Å². The molecule has 1 heteroatoms. The Morgan fingerprint density at radius 2 is 0.245 bits per heavy atom. The summed E-state index contributed by atoms with van der Waals surface area (Å²) in [7, 11) is 0. The largest absolute Gasteiger partial charge is 0.314 e.